The molecule has 3 heterocycles. The van der Waals surface area contributed by atoms with Crippen molar-refractivity contribution in [2.24, 2.45) is 21.6 Å². The fourth-order valence-corrected chi connectivity index (χ4v) is 6.48. The van der Waals surface area contributed by atoms with Crippen molar-refractivity contribution in [3.63, 3.8) is 0 Å². The molecule has 11 nitrogen and oxygen atoms in total. The Morgan fingerprint density at radius 2 is 1.79 bits per heavy atom. The number of carbonyl (C=O) groups excluding carboxylic acids is 2. The van der Waals surface area contributed by atoms with Crippen LogP contribution >= 0.6 is 11.6 Å². The number of esters is 1. The second-order valence-electron chi connectivity index (χ2n) is 14.8. The summed E-state index contributed by atoms with van der Waals surface area (Å²) in [6.07, 6.45) is -2.17. The maximum atomic E-state index is 14.9. The van der Waals surface area contributed by atoms with Crippen LogP contribution in [0.15, 0.2) is 66.2 Å². The van der Waals surface area contributed by atoms with Gasteiger partial charge in [-0.2, -0.15) is 23.4 Å². The molecule has 2 aromatic heterocycles. The minimum absolute atomic E-state index is 0.150. The second-order valence-corrected chi connectivity index (χ2v) is 15.2. The zero-order chi connectivity index (χ0) is 38.5. The number of rotatable bonds is 13. The van der Waals surface area contributed by atoms with Crippen LogP contribution < -0.4 is 5.73 Å². The molecule has 3 N–H and O–H groups in total. The Morgan fingerprint density at radius 3 is 2.40 bits per heavy atom. The van der Waals surface area contributed by atoms with Crippen molar-refractivity contribution in [3.8, 4) is 22.5 Å². The summed E-state index contributed by atoms with van der Waals surface area (Å²) in [5.41, 5.74) is 2.44. The van der Waals surface area contributed by atoms with Crippen molar-refractivity contribution >= 4 is 29.4 Å². The molecule has 1 fully saturated rings. The maximum Gasteiger partial charge on any atom is 0.394 e. The van der Waals surface area contributed by atoms with E-state index < -0.39 is 72.3 Å². The first-order chi connectivity index (χ1) is 24.8. The normalized spacial score (nSPS) is 18.8. The standard InChI is InChI=1S/C36H38ClF5N8O3/c1-33(2,30(38)39)14-28(51)53-17-27(21-7-12-26(37)25(13-21)29-44-19-45-48-29)50-31(52)35(47-32(50)43,18-34(3,4)36(40,41)42)23-8-5-20(6-9-23)22-15-46-49(16-22)24-10-11-24/h5-9,12-13,15-16,19,24,27,30H,10-11,14,17-18H2,1-4H3,(H2,43,47)(H,44,45,48)/t27-,35-/m1/s1. The number of amides is 1. The highest BCUT2D eigenvalue weighted by atomic mass is 35.5. The van der Waals surface area contributed by atoms with Gasteiger partial charge in [0.05, 0.1) is 35.1 Å². The summed E-state index contributed by atoms with van der Waals surface area (Å²) in [4.78, 5) is 37.4. The molecule has 17 heteroatoms. The van der Waals surface area contributed by atoms with Gasteiger partial charge in [-0.1, -0.05) is 69.6 Å². The zero-order valence-electron chi connectivity index (χ0n) is 29.3. The van der Waals surface area contributed by atoms with Crippen LogP contribution in [0.2, 0.25) is 5.02 Å². The molecule has 1 saturated carbocycles. The molecule has 0 bridgehead atoms. The average Bonchev–Trinajstić information content (AvgIpc) is 3.45. The van der Waals surface area contributed by atoms with Crippen LogP contribution in [0.25, 0.3) is 22.5 Å². The van der Waals surface area contributed by atoms with E-state index in [1.54, 1.807) is 30.5 Å². The van der Waals surface area contributed by atoms with Gasteiger partial charge in [-0.25, -0.2) is 18.8 Å². The third-order valence-electron chi connectivity index (χ3n) is 9.76. The Bertz CT molecular complexity index is 2010. The van der Waals surface area contributed by atoms with E-state index in [9.17, 15) is 31.5 Å². The number of carbonyl (C=O) groups is 2. The monoisotopic (exact) mass is 760 g/mol. The van der Waals surface area contributed by atoms with Crippen LogP contribution in [0, 0.1) is 10.8 Å². The number of aliphatic imine (C=N–C) groups is 1. The number of hydrogen-bond acceptors (Lipinski definition) is 8. The van der Waals surface area contributed by atoms with Gasteiger partial charge in [0.15, 0.2) is 17.3 Å². The van der Waals surface area contributed by atoms with Crippen LogP contribution in [0.3, 0.4) is 0 Å². The Hall–Kier alpha value is -4.86. The van der Waals surface area contributed by atoms with Crippen LogP contribution in [-0.2, 0) is 19.9 Å². The topological polar surface area (TPSA) is 144 Å². The number of guanidine groups is 1. The first-order valence-corrected chi connectivity index (χ1v) is 17.2. The van der Waals surface area contributed by atoms with E-state index in [0.717, 1.165) is 42.7 Å². The van der Waals surface area contributed by atoms with Gasteiger partial charge < -0.3 is 10.5 Å². The highest BCUT2D eigenvalue weighted by Crippen LogP contribution is 2.51. The molecular weight excluding hydrogens is 723 g/mol. The minimum atomic E-state index is -4.75. The van der Waals surface area contributed by atoms with Crippen molar-refractivity contribution in [1.29, 1.82) is 0 Å². The number of hydrogen-bond donors (Lipinski definition) is 2. The Kier molecular flexibility index (Phi) is 9.90. The number of aromatic amines is 1. The molecule has 0 spiro atoms. The van der Waals surface area contributed by atoms with E-state index >= 15 is 0 Å². The molecule has 0 saturated heterocycles. The minimum Gasteiger partial charge on any atom is -0.463 e. The smallest absolute Gasteiger partial charge is 0.394 e. The summed E-state index contributed by atoms with van der Waals surface area (Å²) < 4.78 is 78.2. The Morgan fingerprint density at radius 1 is 1.09 bits per heavy atom. The van der Waals surface area contributed by atoms with Crippen molar-refractivity contribution in [3.05, 3.63) is 77.3 Å². The number of nitrogens with zero attached hydrogens (tertiary/aromatic N) is 6. The fraction of sp³-hybridized carbons (Fsp3) is 0.444. The van der Waals surface area contributed by atoms with Crippen molar-refractivity contribution in [2.75, 3.05) is 6.61 Å². The third kappa shape index (κ3) is 7.50. The first-order valence-electron chi connectivity index (χ1n) is 16.8. The van der Waals surface area contributed by atoms with Gasteiger partial charge in [-0.05, 0) is 48.1 Å². The highest BCUT2D eigenvalue weighted by molar-refractivity contribution is 6.33. The Balaban J connectivity index is 1.41. The number of nitrogens with two attached hydrogens (primary N) is 1. The largest absolute Gasteiger partial charge is 0.463 e. The molecule has 53 heavy (non-hydrogen) atoms. The molecule has 2 atom stereocenters. The lowest BCUT2D eigenvalue weighted by molar-refractivity contribution is -0.218. The summed E-state index contributed by atoms with van der Waals surface area (Å²) in [7, 11) is 0. The first kappa shape index (κ1) is 37.9. The number of H-pyrrole nitrogens is 1. The fourth-order valence-electron chi connectivity index (χ4n) is 6.27. The summed E-state index contributed by atoms with van der Waals surface area (Å²) in [6.45, 7) is 3.75. The van der Waals surface area contributed by atoms with Gasteiger partial charge in [0, 0.05) is 22.7 Å². The van der Waals surface area contributed by atoms with E-state index in [-0.39, 0.29) is 22.0 Å². The average molecular weight is 761 g/mol. The van der Waals surface area contributed by atoms with Crippen molar-refractivity contribution in [2.45, 2.75) is 83.6 Å². The molecule has 6 rings (SSSR count). The molecule has 1 aliphatic carbocycles. The van der Waals surface area contributed by atoms with Crippen LogP contribution in [0.1, 0.15) is 76.6 Å². The SMILES string of the molecule is CC(C)(CC(=O)OC[C@H](c1ccc(Cl)c(-c2ncn[nH]2)c1)N1C(=O)[C@@](CC(C)(C)C(F)(F)F)(c2ccc(-c3cnn(C4CC4)c3)cc2)N=C1N)C(F)F. The molecule has 0 radical (unpaired) electrons. The summed E-state index contributed by atoms with van der Waals surface area (Å²) in [5.74, 6) is -2.08. The highest BCUT2D eigenvalue weighted by Gasteiger charge is 2.59. The van der Waals surface area contributed by atoms with Crippen molar-refractivity contribution < 1.29 is 36.3 Å². The van der Waals surface area contributed by atoms with Crippen LogP contribution in [-0.4, -0.2) is 66.9 Å². The molecule has 282 valence electrons. The zero-order valence-corrected chi connectivity index (χ0v) is 30.1. The van der Waals surface area contributed by atoms with E-state index in [0.29, 0.717) is 11.6 Å². The lowest BCUT2D eigenvalue weighted by Gasteiger charge is -2.37. The van der Waals surface area contributed by atoms with E-state index in [1.165, 1.54) is 38.4 Å². The van der Waals surface area contributed by atoms with Gasteiger partial charge in [-0.3, -0.25) is 24.3 Å². The van der Waals surface area contributed by atoms with E-state index in [2.05, 4.69) is 25.3 Å². The lowest BCUT2D eigenvalue weighted by atomic mass is 9.74. The summed E-state index contributed by atoms with van der Waals surface area (Å²) >= 11 is 6.47. The maximum absolute atomic E-state index is 14.9. The van der Waals surface area contributed by atoms with Gasteiger partial charge in [-0.15, -0.1) is 0 Å². The number of halogens is 6. The molecule has 2 aromatic carbocycles. The molecule has 0 unspecified atom stereocenters. The van der Waals surface area contributed by atoms with Gasteiger partial charge >= 0.3 is 12.1 Å². The second kappa shape index (κ2) is 13.8. The summed E-state index contributed by atoms with van der Waals surface area (Å²) in [6, 6.07) is 10.0. The van der Waals surface area contributed by atoms with E-state index in [4.69, 9.17) is 22.1 Å². The van der Waals surface area contributed by atoms with Crippen LogP contribution in [0.5, 0.6) is 0 Å². The van der Waals surface area contributed by atoms with Crippen LogP contribution in [0.4, 0.5) is 22.0 Å². The predicted octanol–water partition coefficient (Wildman–Crippen LogP) is 7.62. The van der Waals surface area contributed by atoms with Gasteiger partial charge in [0.1, 0.15) is 12.9 Å². The summed E-state index contributed by atoms with van der Waals surface area (Å²) in [5, 5.41) is 11.2. The number of nitrogens with one attached hydrogen (secondary N) is 1. The molecule has 2 aliphatic rings. The number of aromatic nitrogens is 5. The molecule has 1 aliphatic heterocycles. The Labute approximate surface area is 306 Å². The van der Waals surface area contributed by atoms with Gasteiger partial charge in [0.2, 0.25) is 6.43 Å². The van der Waals surface area contributed by atoms with E-state index in [1.807, 2.05) is 10.9 Å². The number of benzene rings is 2. The predicted molar refractivity (Wildman–Crippen MR) is 185 cm³/mol. The molecule has 4 aromatic rings. The number of ether oxygens (including phenoxy) is 1. The number of alkyl halides is 5. The van der Waals surface area contributed by atoms with Gasteiger partial charge in [0.25, 0.3) is 5.91 Å². The van der Waals surface area contributed by atoms with Crippen molar-refractivity contribution in [1.82, 2.24) is 29.9 Å². The quantitative estimate of drug-likeness (QED) is 0.105. The molecular formula is C36H38ClF5N8O3. The lowest BCUT2D eigenvalue weighted by Crippen LogP contribution is -2.49. The molecule has 1 amide bonds. The third-order valence-corrected chi connectivity index (χ3v) is 10.1.